The molecule has 2 N–H and O–H groups in total. The van der Waals surface area contributed by atoms with Gasteiger partial charge in [-0.1, -0.05) is 49.5 Å². The van der Waals surface area contributed by atoms with Gasteiger partial charge in [0.2, 0.25) is 5.91 Å². The Bertz CT molecular complexity index is 433. The van der Waals surface area contributed by atoms with Crippen molar-refractivity contribution in [1.29, 1.82) is 0 Å². The van der Waals surface area contributed by atoms with Gasteiger partial charge >= 0.3 is 0 Å². The Morgan fingerprint density at radius 1 is 1.32 bits per heavy atom. The smallest absolute Gasteiger partial charge is 0.229 e. The number of hydrogen-bond donors (Lipinski definition) is 1. The lowest BCUT2D eigenvalue weighted by molar-refractivity contribution is -0.132. The largest absolute Gasteiger partial charge is 0.393 e. The van der Waals surface area contributed by atoms with E-state index < -0.39 is 0 Å². The van der Waals surface area contributed by atoms with Crippen LogP contribution in [0.25, 0.3) is 0 Å². The van der Waals surface area contributed by atoms with Gasteiger partial charge in [0.25, 0.3) is 0 Å². The van der Waals surface area contributed by atoms with E-state index in [4.69, 9.17) is 18.0 Å². The first-order chi connectivity index (χ1) is 8.97. The van der Waals surface area contributed by atoms with Crippen LogP contribution >= 0.6 is 12.2 Å². The highest BCUT2D eigenvalue weighted by molar-refractivity contribution is 7.80. The molecule has 19 heavy (non-hydrogen) atoms. The van der Waals surface area contributed by atoms with Gasteiger partial charge in [-0.15, -0.1) is 0 Å². The Labute approximate surface area is 120 Å². The minimum absolute atomic E-state index is 0.0434. The van der Waals surface area contributed by atoms with E-state index in [1.807, 2.05) is 56.0 Å². The van der Waals surface area contributed by atoms with Gasteiger partial charge in [-0.2, -0.15) is 0 Å². The number of thiocarbonyl (C=S) groups is 1. The van der Waals surface area contributed by atoms with Crippen molar-refractivity contribution in [2.24, 2.45) is 11.7 Å². The van der Waals surface area contributed by atoms with Crippen LogP contribution in [0.1, 0.15) is 32.3 Å². The maximum Gasteiger partial charge on any atom is 0.229 e. The van der Waals surface area contributed by atoms with Crippen molar-refractivity contribution in [3.63, 3.8) is 0 Å². The monoisotopic (exact) mass is 278 g/mol. The van der Waals surface area contributed by atoms with Crippen molar-refractivity contribution in [1.82, 2.24) is 4.90 Å². The van der Waals surface area contributed by atoms with Gasteiger partial charge in [0.05, 0.1) is 10.9 Å². The topological polar surface area (TPSA) is 46.3 Å². The highest BCUT2D eigenvalue weighted by atomic mass is 32.1. The number of amides is 1. The predicted octanol–water partition coefficient (Wildman–Crippen LogP) is 2.56. The third-order valence-electron chi connectivity index (χ3n) is 3.34. The lowest BCUT2D eigenvalue weighted by Gasteiger charge is -2.27. The Hall–Kier alpha value is -1.42. The molecule has 0 aliphatic rings. The molecule has 0 aromatic heterocycles. The van der Waals surface area contributed by atoms with Crippen molar-refractivity contribution < 1.29 is 4.79 Å². The molecule has 1 aromatic rings. The summed E-state index contributed by atoms with van der Waals surface area (Å²) in [5, 5.41) is 0. The maximum atomic E-state index is 12.5. The molecule has 1 aromatic carbocycles. The molecule has 0 heterocycles. The summed E-state index contributed by atoms with van der Waals surface area (Å²) >= 11 is 4.97. The van der Waals surface area contributed by atoms with E-state index in [2.05, 4.69) is 0 Å². The fraction of sp³-hybridized carbons (Fsp3) is 0.467. The number of rotatable bonds is 6. The van der Waals surface area contributed by atoms with E-state index in [1.54, 1.807) is 0 Å². The molecular weight excluding hydrogens is 256 g/mol. The maximum absolute atomic E-state index is 12.5. The Morgan fingerprint density at radius 3 is 2.37 bits per heavy atom. The molecule has 0 aliphatic carbocycles. The van der Waals surface area contributed by atoms with Crippen LogP contribution in [0.4, 0.5) is 0 Å². The van der Waals surface area contributed by atoms with Gasteiger partial charge in [0.1, 0.15) is 0 Å². The number of carbonyl (C=O) groups is 1. The predicted molar refractivity (Wildman–Crippen MR) is 83.1 cm³/mol. The summed E-state index contributed by atoms with van der Waals surface area (Å²) in [6, 6.07) is 9.81. The average Bonchev–Trinajstić information content (AvgIpc) is 2.43. The quantitative estimate of drug-likeness (QED) is 0.814. The average molecular weight is 278 g/mol. The minimum atomic E-state index is -0.139. The second-order valence-electron chi connectivity index (χ2n) is 4.81. The second-order valence-corrected chi connectivity index (χ2v) is 5.28. The van der Waals surface area contributed by atoms with E-state index in [0.29, 0.717) is 18.1 Å². The third-order valence-corrected chi connectivity index (χ3v) is 3.75. The van der Waals surface area contributed by atoms with Crippen LogP contribution < -0.4 is 5.73 Å². The highest BCUT2D eigenvalue weighted by Gasteiger charge is 2.22. The standard InChI is InChI=1S/C15H22N2OS/c1-4-17(10-11(2)14(16)19)15(18)12(3)13-8-6-5-7-9-13/h5-9,11-12H,4,10H2,1-3H3,(H2,16,19). The van der Waals surface area contributed by atoms with E-state index >= 15 is 0 Å². The molecule has 1 rings (SSSR count). The lowest BCUT2D eigenvalue weighted by Crippen LogP contribution is -2.40. The lowest BCUT2D eigenvalue weighted by atomic mass is 9.99. The summed E-state index contributed by atoms with van der Waals surface area (Å²) in [6.07, 6.45) is 0. The van der Waals surface area contributed by atoms with Crippen LogP contribution in [0.3, 0.4) is 0 Å². The number of benzene rings is 1. The molecule has 0 spiro atoms. The van der Waals surface area contributed by atoms with Gasteiger partial charge in [-0.3, -0.25) is 4.79 Å². The number of likely N-dealkylation sites (N-methyl/N-ethyl adjacent to an activating group) is 1. The van der Waals surface area contributed by atoms with Crippen LogP contribution in [0, 0.1) is 5.92 Å². The van der Waals surface area contributed by atoms with Crippen LogP contribution in [0.5, 0.6) is 0 Å². The molecule has 2 unspecified atom stereocenters. The van der Waals surface area contributed by atoms with Crippen LogP contribution in [0.15, 0.2) is 30.3 Å². The van der Waals surface area contributed by atoms with E-state index in [1.165, 1.54) is 0 Å². The first-order valence-electron chi connectivity index (χ1n) is 6.60. The van der Waals surface area contributed by atoms with E-state index in [0.717, 1.165) is 5.56 Å². The molecule has 2 atom stereocenters. The summed E-state index contributed by atoms with van der Waals surface area (Å²) in [4.78, 5) is 14.8. The summed E-state index contributed by atoms with van der Waals surface area (Å²) in [5.41, 5.74) is 6.66. The van der Waals surface area contributed by atoms with Crippen molar-refractivity contribution in [2.75, 3.05) is 13.1 Å². The second kappa shape index (κ2) is 7.24. The summed E-state index contributed by atoms with van der Waals surface area (Å²) in [7, 11) is 0. The van der Waals surface area contributed by atoms with E-state index in [9.17, 15) is 4.79 Å². The molecule has 0 saturated heterocycles. The first kappa shape index (κ1) is 15.6. The molecule has 104 valence electrons. The summed E-state index contributed by atoms with van der Waals surface area (Å²) in [6.45, 7) is 7.11. The van der Waals surface area contributed by atoms with Crippen molar-refractivity contribution in [2.45, 2.75) is 26.7 Å². The molecule has 1 amide bonds. The normalized spacial score (nSPS) is 13.6. The number of nitrogens with two attached hydrogens (primary N) is 1. The minimum Gasteiger partial charge on any atom is -0.393 e. The highest BCUT2D eigenvalue weighted by Crippen LogP contribution is 2.18. The fourth-order valence-electron chi connectivity index (χ4n) is 1.95. The molecule has 0 fully saturated rings. The number of carbonyl (C=O) groups excluding carboxylic acids is 1. The van der Waals surface area contributed by atoms with Crippen LogP contribution in [-0.4, -0.2) is 28.9 Å². The van der Waals surface area contributed by atoms with Gasteiger partial charge in [-0.05, 0) is 19.4 Å². The van der Waals surface area contributed by atoms with Crippen LogP contribution in [0.2, 0.25) is 0 Å². The Morgan fingerprint density at radius 2 is 1.89 bits per heavy atom. The molecule has 0 bridgehead atoms. The fourth-order valence-corrected chi connectivity index (χ4v) is 2.03. The number of nitrogens with zero attached hydrogens (tertiary/aromatic N) is 1. The third kappa shape index (κ3) is 4.31. The van der Waals surface area contributed by atoms with Crippen molar-refractivity contribution >= 4 is 23.1 Å². The molecule has 0 radical (unpaired) electrons. The number of hydrogen-bond acceptors (Lipinski definition) is 2. The molecule has 3 nitrogen and oxygen atoms in total. The van der Waals surface area contributed by atoms with Gasteiger partial charge in [-0.25, -0.2) is 0 Å². The van der Waals surface area contributed by atoms with Crippen molar-refractivity contribution in [3.8, 4) is 0 Å². The molecule has 0 saturated carbocycles. The molecule has 0 aliphatic heterocycles. The van der Waals surface area contributed by atoms with Gasteiger partial charge in [0.15, 0.2) is 0 Å². The first-order valence-corrected chi connectivity index (χ1v) is 7.01. The zero-order valence-electron chi connectivity index (χ0n) is 11.8. The Kier molecular flexibility index (Phi) is 5.96. The zero-order chi connectivity index (χ0) is 14.4. The Balaban J connectivity index is 2.76. The SMILES string of the molecule is CCN(CC(C)C(N)=S)C(=O)C(C)c1ccccc1. The van der Waals surface area contributed by atoms with Crippen molar-refractivity contribution in [3.05, 3.63) is 35.9 Å². The van der Waals surface area contributed by atoms with Crippen LogP contribution in [-0.2, 0) is 4.79 Å². The van der Waals surface area contributed by atoms with E-state index in [-0.39, 0.29) is 17.7 Å². The molecular formula is C15H22N2OS. The molecule has 4 heteroatoms. The summed E-state index contributed by atoms with van der Waals surface area (Å²) in [5.74, 6) is 0.0263. The van der Waals surface area contributed by atoms with Gasteiger partial charge < -0.3 is 10.6 Å². The summed E-state index contributed by atoms with van der Waals surface area (Å²) < 4.78 is 0. The van der Waals surface area contributed by atoms with Gasteiger partial charge in [0, 0.05) is 19.0 Å². The zero-order valence-corrected chi connectivity index (χ0v) is 12.6.